The van der Waals surface area contributed by atoms with Crippen LogP contribution in [-0.4, -0.2) is 57.7 Å². The number of amides is 2. The van der Waals surface area contributed by atoms with E-state index in [2.05, 4.69) is 5.32 Å². The Kier molecular flexibility index (Phi) is 4.98. The number of ether oxygens (including phenoxy) is 3. The van der Waals surface area contributed by atoms with Crippen molar-refractivity contribution in [1.29, 1.82) is 0 Å². The van der Waals surface area contributed by atoms with Gasteiger partial charge in [-0.1, -0.05) is 0 Å². The fourth-order valence-corrected chi connectivity index (χ4v) is 2.85. The molecule has 1 aliphatic rings. The number of piperazine rings is 1. The molecule has 2 amide bonds. The molecule has 1 aromatic carbocycles. The van der Waals surface area contributed by atoms with Gasteiger partial charge < -0.3 is 24.4 Å². The summed E-state index contributed by atoms with van der Waals surface area (Å²) in [6.45, 7) is 1.90. The summed E-state index contributed by atoms with van der Waals surface area (Å²) in [5, 5.41) is 2.61. The average molecular weight is 322 g/mol. The summed E-state index contributed by atoms with van der Waals surface area (Å²) in [5.41, 5.74) is 1.57. The Hall–Kier alpha value is -2.44. The van der Waals surface area contributed by atoms with Gasteiger partial charge in [-0.05, 0) is 13.0 Å². The first kappa shape index (κ1) is 16.9. The van der Waals surface area contributed by atoms with Gasteiger partial charge in [0.2, 0.25) is 11.8 Å². The van der Waals surface area contributed by atoms with Crippen LogP contribution in [0.15, 0.2) is 6.07 Å². The lowest BCUT2D eigenvalue weighted by molar-refractivity contribution is -0.143. The quantitative estimate of drug-likeness (QED) is 0.855. The molecular weight excluding hydrogens is 300 g/mol. The fraction of sp³-hybridized carbons (Fsp3) is 0.500. The second-order valence-corrected chi connectivity index (χ2v) is 5.37. The van der Waals surface area contributed by atoms with E-state index in [1.54, 1.807) is 34.4 Å². The predicted octanol–water partition coefficient (Wildman–Crippen LogP) is 0.520. The number of likely N-dealkylation sites (N-methyl/N-ethyl adjacent to an activating group) is 1. The Morgan fingerprint density at radius 3 is 2.39 bits per heavy atom. The molecule has 1 saturated heterocycles. The normalized spacial score (nSPS) is 17.8. The molecule has 1 fully saturated rings. The van der Waals surface area contributed by atoms with E-state index in [1.807, 2.05) is 6.92 Å². The maximum atomic E-state index is 12.1. The molecule has 0 aliphatic carbocycles. The smallest absolute Gasteiger partial charge is 0.243 e. The second-order valence-electron chi connectivity index (χ2n) is 5.37. The summed E-state index contributed by atoms with van der Waals surface area (Å²) in [7, 11) is 6.31. The molecular formula is C16H22N2O5. The number of carbonyl (C=O) groups excluding carboxylic acids is 2. The van der Waals surface area contributed by atoms with Crippen molar-refractivity contribution in [2.45, 2.75) is 19.4 Å². The monoisotopic (exact) mass is 322 g/mol. The molecule has 1 aromatic rings. The highest BCUT2D eigenvalue weighted by Gasteiger charge is 2.33. The van der Waals surface area contributed by atoms with Crippen molar-refractivity contribution in [3.63, 3.8) is 0 Å². The third-order valence-corrected chi connectivity index (χ3v) is 4.12. The lowest BCUT2D eigenvalue weighted by atomic mass is 9.98. The predicted molar refractivity (Wildman–Crippen MR) is 84.1 cm³/mol. The first-order valence-corrected chi connectivity index (χ1v) is 7.26. The molecule has 1 heterocycles. The molecule has 0 radical (unpaired) electrons. The number of nitrogens with one attached hydrogen (secondary N) is 1. The van der Waals surface area contributed by atoms with E-state index in [1.165, 1.54) is 4.90 Å². The van der Waals surface area contributed by atoms with E-state index in [9.17, 15) is 9.59 Å². The molecule has 23 heavy (non-hydrogen) atoms. The molecule has 0 aromatic heterocycles. The van der Waals surface area contributed by atoms with Crippen LogP contribution >= 0.6 is 0 Å². The van der Waals surface area contributed by atoms with Crippen molar-refractivity contribution >= 4 is 11.8 Å². The Balaban J connectivity index is 2.44. The highest BCUT2D eigenvalue weighted by Crippen LogP contribution is 2.40. The Labute approximate surface area is 135 Å². The highest BCUT2D eigenvalue weighted by molar-refractivity contribution is 5.94. The second kappa shape index (κ2) is 6.76. The van der Waals surface area contributed by atoms with Crippen LogP contribution in [0.4, 0.5) is 0 Å². The molecule has 1 atom stereocenters. The minimum absolute atomic E-state index is 0.0356. The van der Waals surface area contributed by atoms with Gasteiger partial charge in [0.25, 0.3) is 0 Å². The first-order chi connectivity index (χ1) is 10.9. The zero-order valence-corrected chi connectivity index (χ0v) is 14.1. The number of rotatable bonds is 5. The van der Waals surface area contributed by atoms with Crippen molar-refractivity contribution in [3.8, 4) is 17.2 Å². The van der Waals surface area contributed by atoms with E-state index in [0.29, 0.717) is 23.7 Å². The minimum Gasteiger partial charge on any atom is -0.496 e. The van der Waals surface area contributed by atoms with Gasteiger partial charge in [0.15, 0.2) is 11.5 Å². The number of benzene rings is 1. The number of hydrogen-bond donors (Lipinski definition) is 1. The lowest BCUT2D eigenvalue weighted by Crippen LogP contribution is -2.57. The van der Waals surface area contributed by atoms with E-state index in [4.69, 9.17) is 14.2 Å². The summed E-state index contributed by atoms with van der Waals surface area (Å²) in [6, 6.07) is 1.20. The number of hydrogen-bond acceptors (Lipinski definition) is 5. The van der Waals surface area contributed by atoms with Crippen molar-refractivity contribution in [2.75, 3.05) is 34.9 Å². The maximum absolute atomic E-state index is 12.1. The van der Waals surface area contributed by atoms with E-state index in [-0.39, 0.29) is 18.4 Å². The standard InChI is InChI=1S/C16H22N2O5/c1-9-14(22-4)10(7-12(21-3)15(9)23-5)6-11-16(20)17-8-13(19)18(11)2/h7,11H,6,8H2,1-5H3,(H,17,20). The van der Waals surface area contributed by atoms with Gasteiger partial charge in [-0.15, -0.1) is 0 Å². The number of nitrogens with zero attached hydrogens (tertiary/aromatic N) is 1. The first-order valence-electron chi connectivity index (χ1n) is 7.26. The molecule has 0 bridgehead atoms. The largest absolute Gasteiger partial charge is 0.496 e. The average Bonchev–Trinajstić information content (AvgIpc) is 2.54. The highest BCUT2D eigenvalue weighted by atomic mass is 16.5. The summed E-state index contributed by atoms with van der Waals surface area (Å²) < 4.78 is 16.2. The van der Waals surface area contributed by atoms with Gasteiger partial charge in [-0.25, -0.2) is 0 Å². The van der Waals surface area contributed by atoms with Gasteiger partial charge in [-0.2, -0.15) is 0 Å². The number of carbonyl (C=O) groups is 2. The van der Waals surface area contributed by atoms with Crippen LogP contribution in [-0.2, 0) is 16.0 Å². The number of methoxy groups -OCH3 is 3. The van der Waals surface area contributed by atoms with Crippen molar-refractivity contribution in [1.82, 2.24) is 10.2 Å². The fourth-order valence-electron chi connectivity index (χ4n) is 2.85. The van der Waals surface area contributed by atoms with Crippen LogP contribution in [0.25, 0.3) is 0 Å². The maximum Gasteiger partial charge on any atom is 0.243 e. The van der Waals surface area contributed by atoms with Crippen LogP contribution < -0.4 is 19.5 Å². The molecule has 1 unspecified atom stereocenters. The van der Waals surface area contributed by atoms with Crippen molar-refractivity contribution in [3.05, 3.63) is 17.2 Å². The topological polar surface area (TPSA) is 77.1 Å². The molecule has 1 aliphatic heterocycles. The van der Waals surface area contributed by atoms with Crippen LogP contribution in [0.2, 0.25) is 0 Å². The van der Waals surface area contributed by atoms with Crippen LogP contribution in [0, 0.1) is 6.92 Å². The minimum atomic E-state index is -0.581. The van der Waals surface area contributed by atoms with E-state index in [0.717, 1.165) is 11.1 Å². The van der Waals surface area contributed by atoms with E-state index >= 15 is 0 Å². The van der Waals surface area contributed by atoms with Crippen LogP contribution in [0.3, 0.4) is 0 Å². The Morgan fingerprint density at radius 2 is 1.83 bits per heavy atom. The third-order valence-electron chi connectivity index (χ3n) is 4.12. The Bertz CT molecular complexity index is 629. The molecule has 1 N–H and O–H groups in total. The van der Waals surface area contributed by atoms with Gasteiger partial charge in [0, 0.05) is 24.6 Å². The van der Waals surface area contributed by atoms with Crippen LogP contribution in [0.5, 0.6) is 17.2 Å². The molecule has 7 heteroatoms. The van der Waals surface area contributed by atoms with Crippen molar-refractivity contribution < 1.29 is 23.8 Å². The SMILES string of the molecule is COc1cc(CC2C(=O)NCC(=O)N2C)c(OC)c(C)c1OC. The molecule has 7 nitrogen and oxygen atoms in total. The van der Waals surface area contributed by atoms with Crippen molar-refractivity contribution in [2.24, 2.45) is 0 Å². The van der Waals surface area contributed by atoms with Gasteiger partial charge in [-0.3, -0.25) is 9.59 Å². The summed E-state index contributed by atoms with van der Waals surface area (Å²) >= 11 is 0. The zero-order valence-electron chi connectivity index (χ0n) is 14.1. The van der Waals surface area contributed by atoms with Gasteiger partial charge in [0.05, 0.1) is 27.9 Å². The Morgan fingerprint density at radius 1 is 1.17 bits per heavy atom. The van der Waals surface area contributed by atoms with Gasteiger partial charge in [0.1, 0.15) is 11.8 Å². The summed E-state index contributed by atoms with van der Waals surface area (Å²) in [5.74, 6) is 1.48. The molecule has 0 spiro atoms. The molecule has 2 rings (SSSR count). The lowest BCUT2D eigenvalue weighted by Gasteiger charge is -2.32. The van der Waals surface area contributed by atoms with E-state index < -0.39 is 6.04 Å². The van der Waals surface area contributed by atoms with Crippen LogP contribution in [0.1, 0.15) is 11.1 Å². The zero-order chi connectivity index (χ0) is 17.1. The summed E-state index contributed by atoms with van der Waals surface area (Å²) in [6.07, 6.45) is 0.332. The molecule has 0 saturated carbocycles. The third kappa shape index (κ3) is 3.04. The molecule has 126 valence electrons. The summed E-state index contributed by atoms with van der Waals surface area (Å²) in [4.78, 5) is 25.4. The van der Waals surface area contributed by atoms with Gasteiger partial charge >= 0.3 is 0 Å².